The van der Waals surface area contributed by atoms with Gasteiger partial charge in [0.1, 0.15) is 0 Å². The molecule has 2 aromatic rings. The summed E-state index contributed by atoms with van der Waals surface area (Å²) in [7, 11) is 5.90. The number of anilines is 2. The Bertz CT molecular complexity index is 551. The minimum absolute atomic E-state index is 0.268. The van der Waals surface area contributed by atoms with Crippen LogP contribution in [0.5, 0.6) is 0 Å². The maximum Gasteiger partial charge on any atom is 0.257 e. The summed E-state index contributed by atoms with van der Waals surface area (Å²) in [4.78, 5) is 15.2. The minimum Gasteiger partial charge on any atom is -0.357 e. The lowest BCUT2D eigenvalue weighted by atomic mass is 10.2. The first-order valence-electron chi connectivity index (χ1n) is 6.93. The molecular weight excluding hydrogens is 268 g/mol. The van der Waals surface area contributed by atoms with Crippen molar-refractivity contribution < 1.29 is 0 Å². The Kier molecular flexibility index (Phi) is 5.04. The predicted octanol–water partition coefficient (Wildman–Crippen LogP) is 0.851. The van der Waals surface area contributed by atoms with Crippen LogP contribution in [0.1, 0.15) is 13.3 Å². The molecule has 0 aromatic carbocycles. The third-order valence-corrected chi connectivity index (χ3v) is 2.94. The molecule has 0 aliphatic carbocycles. The molecular formula is C13H22N8. The average molecular weight is 290 g/mol. The molecule has 21 heavy (non-hydrogen) atoms. The van der Waals surface area contributed by atoms with Crippen molar-refractivity contribution >= 4 is 11.9 Å². The highest BCUT2D eigenvalue weighted by atomic mass is 15.4. The molecule has 0 fully saturated rings. The van der Waals surface area contributed by atoms with Gasteiger partial charge in [0, 0.05) is 25.5 Å². The van der Waals surface area contributed by atoms with Gasteiger partial charge in [0.2, 0.25) is 11.9 Å². The van der Waals surface area contributed by atoms with Crippen LogP contribution in [0.25, 0.3) is 5.95 Å². The second kappa shape index (κ2) is 6.98. The number of hydrogen-bond acceptors (Lipinski definition) is 7. The van der Waals surface area contributed by atoms with Crippen molar-refractivity contribution in [1.82, 2.24) is 29.6 Å². The molecule has 114 valence electrons. The molecule has 8 nitrogen and oxygen atoms in total. The van der Waals surface area contributed by atoms with Crippen molar-refractivity contribution in [3.8, 4) is 5.95 Å². The Balaban J connectivity index is 2.13. The Morgan fingerprint density at radius 2 is 2.00 bits per heavy atom. The van der Waals surface area contributed by atoms with Gasteiger partial charge in [-0.3, -0.25) is 0 Å². The van der Waals surface area contributed by atoms with Crippen LogP contribution >= 0.6 is 0 Å². The van der Waals surface area contributed by atoms with Crippen LogP contribution in [-0.4, -0.2) is 63.4 Å². The molecule has 0 bridgehead atoms. The fourth-order valence-corrected chi connectivity index (χ4v) is 1.78. The summed E-state index contributed by atoms with van der Waals surface area (Å²) >= 11 is 0. The first-order chi connectivity index (χ1) is 10.1. The van der Waals surface area contributed by atoms with Crippen LogP contribution in [0.4, 0.5) is 11.9 Å². The molecule has 2 N–H and O–H groups in total. The molecule has 0 saturated heterocycles. The lowest BCUT2D eigenvalue weighted by Gasteiger charge is -2.17. The largest absolute Gasteiger partial charge is 0.357 e. The van der Waals surface area contributed by atoms with E-state index in [9.17, 15) is 0 Å². The van der Waals surface area contributed by atoms with Crippen LogP contribution in [0.3, 0.4) is 0 Å². The van der Waals surface area contributed by atoms with Gasteiger partial charge in [-0.05, 0) is 40.1 Å². The topological polar surface area (TPSA) is 83.8 Å². The maximum atomic E-state index is 4.40. The molecule has 8 heteroatoms. The molecule has 2 heterocycles. The second-order valence-electron chi connectivity index (χ2n) is 5.12. The number of hydrogen-bond donors (Lipinski definition) is 2. The Labute approximate surface area is 124 Å². The standard InChI is InChI=1S/C13H22N8/c1-10(6-9-20(3)4)16-12-17-11(14-2)18-13(19-12)21-8-5-7-15-21/h5,7-8,10H,6,9H2,1-4H3,(H2,14,16,17,18,19). The van der Waals surface area contributed by atoms with Crippen LogP contribution in [0.2, 0.25) is 0 Å². The summed E-state index contributed by atoms with van der Waals surface area (Å²) in [6.07, 6.45) is 4.49. The highest BCUT2D eigenvalue weighted by molar-refractivity contribution is 5.37. The highest BCUT2D eigenvalue weighted by Gasteiger charge is 2.10. The van der Waals surface area contributed by atoms with Crippen molar-refractivity contribution in [2.45, 2.75) is 19.4 Å². The molecule has 0 aliphatic rings. The van der Waals surface area contributed by atoms with Crippen LogP contribution < -0.4 is 10.6 Å². The number of nitrogens with zero attached hydrogens (tertiary/aromatic N) is 6. The molecule has 0 saturated carbocycles. The van der Waals surface area contributed by atoms with E-state index in [0.29, 0.717) is 17.8 Å². The fourth-order valence-electron chi connectivity index (χ4n) is 1.78. The molecule has 1 atom stereocenters. The lowest BCUT2D eigenvalue weighted by molar-refractivity contribution is 0.390. The zero-order valence-corrected chi connectivity index (χ0v) is 12.9. The monoisotopic (exact) mass is 290 g/mol. The van der Waals surface area contributed by atoms with Gasteiger partial charge in [-0.25, -0.2) is 4.68 Å². The van der Waals surface area contributed by atoms with Gasteiger partial charge in [-0.15, -0.1) is 0 Å². The first kappa shape index (κ1) is 15.2. The van der Waals surface area contributed by atoms with Crippen LogP contribution in [0.15, 0.2) is 18.5 Å². The predicted molar refractivity (Wildman–Crippen MR) is 82.8 cm³/mol. The first-order valence-corrected chi connectivity index (χ1v) is 6.93. The summed E-state index contributed by atoms with van der Waals surface area (Å²) in [5.74, 6) is 1.55. The minimum atomic E-state index is 0.268. The Hall–Kier alpha value is -2.22. The maximum absolute atomic E-state index is 4.40. The zero-order valence-electron chi connectivity index (χ0n) is 12.9. The van der Waals surface area contributed by atoms with Crippen LogP contribution in [-0.2, 0) is 0 Å². The molecule has 0 amide bonds. The molecule has 2 rings (SSSR count). The number of aromatic nitrogens is 5. The van der Waals surface area contributed by atoms with E-state index in [4.69, 9.17) is 0 Å². The smallest absolute Gasteiger partial charge is 0.257 e. The highest BCUT2D eigenvalue weighted by Crippen LogP contribution is 2.10. The van der Waals surface area contributed by atoms with Crippen LogP contribution in [0, 0.1) is 0 Å². The average Bonchev–Trinajstić information content (AvgIpc) is 2.99. The van der Waals surface area contributed by atoms with Gasteiger partial charge >= 0.3 is 0 Å². The summed E-state index contributed by atoms with van der Waals surface area (Å²) in [6.45, 7) is 3.12. The quantitative estimate of drug-likeness (QED) is 0.782. The van der Waals surface area contributed by atoms with E-state index in [1.807, 2.05) is 6.07 Å². The van der Waals surface area contributed by atoms with Gasteiger partial charge < -0.3 is 15.5 Å². The van der Waals surface area contributed by atoms with E-state index in [-0.39, 0.29) is 6.04 Å². The molecule has 2 aromatic heterocycles. The zero-order chi connectivity index (χ0) is 15.2. The van der Waals surface area contributed by atoms with E-state index in [0.717, 1.165) is 13.0 Å². The van der Waals surface area contributed by atoms with Crippen molar-refractivity contribution in [3.63, 3.8) is 0 Å². The van der Waals surface area contributed by atoms with E-state index >= 15 is 0 Å². The lowest BCUT2D eigenvalue weighted by Crippen LogP contribution is -2.24. The fraction of sp³-hybridized carbons (Fsp3) is 0.538. The molecule has 0 aliphatic heterocycles. The van der Waals surface area contributed by atoms with Crippen molar-refractivity contribution in [2.24, 2.45) is 0 Å². The summed E-state index contributed by atoms with van der Waals surface area (Å²) in [5, 5.41) is 10.4. The number of nitrogens with one attached hydrogen (secondary N) is 2. The van der Waals surface area contributed by atoms with Gasteiger partial charge in [-0.2, -0.15) is 20.1 Å². The number of rotatable bonds is 7. The van der Waals surface area contributed by atoms with E-state index in [1.165, 1.54) is 0 Å². The third kappa shape index (κ3) is 4.38. The second-order valence-corrected chi connectivity index (χ2v) is 5.12. The van der Waals surface area contributed by atoms with Crippen molar-refractivity contribution in [1.29, 1.82) is 0 Å². The Morgan fingerprint density at radius 1 is 1.24 bits per heavy atom. The Morgan fingerprint density at radius 3 is 2.62 bits per heavy atom. The summed E-state index contributed by atoms with van der Waals surface area (Å²) in [5.41, 5.74) is 0. The van der Waals surface area contributed by atoms with E-state index < -0.39 is 0 Å². The van der Waals surface area contributed by atoms with Gasteiger partial charge in [0.15, 0.2) is 0 Å². The normalized spacial score (nSPS) is 12.4. The van der Waals surface area contributed by atoms with Crippen molar-refractivity contribution in [3.05, 3.63) is 18.5 Å². The van der Waals surface area contributed by atoms with Gasteiger partial charge in [0.25, 0.3) is 5.95 Å². The third-order valence-electron chi connectivity index (χ3n) is 2.94. The summed E-state index contributed by atoms with van der Waals surface area (Å²) < 4.78 is 1.61. The van der Waals surface area contributed by atoms with Gasteiger partial charge in [-0.1, -0.05) is 0 Å². The van der Waals surface area contributed by atoms with E-state index in [1.54, 1.807) is 24.1 Å². The van der Waals surface area contributed by atoms with Crippen molar-refractivity contribution in [2.75, 3.05) is 38.3 Å². The summed E-state index contributed by atoms with van der Waals surface area (Å²) in [6, 6.07) is 2.10. The SMILES string of the molecule is CNc1nc(NC(C)CCN(C)C)nc(-n2cccn2)n1. The molecule has 1 unspecified atom stereocenters. The van der Waals surface area contributed by atoms with Gasteiger partial charge in [0.05, 0.1) is 0 Å². The molecule has 0 radical (unpaired) electrons. The molecule has 0 spiro atoms. The van der Waals surface area contributed by atoms with E-state index in [2.05, 4.69) is 56.6 Å².